The molecule has 1 heteroatoms. The largest absolute Gasteiger partial charge is 0.317 e. The maximum Gasteiger partial charge on any atom is 0.00357 e. The van der Waals surface area contributed by atoms with Crippen molar-refractivity contribution in [2.24, 2.45) is 5.92 Å². The average Bonchev–Trinajstić information content (AvgIpc) is 2.12. The van der Waals surface area contributed by atoms with Gasteiger partial charge in [-0.15, -0.1) is 0 Å². The minimum Gasteiger partial charge on any atom is -0.317 e. The molecule has 0 saturated heterocycles. The highest BCUT2D eigenvalue weighted by molar-refractivity contribution is 4.60. The molecule has 0 aliphatic rings. The molecule has 0 radical (unpaired) electrons. The van der Waals surface area contributed by atoms with Crippen molar-refractivity contribution in [2.45, 2.75) is 58.9 Å². The maximum atomic E-state index is 3.27. The van der Waals surface area contributed by atoms with Crippen LogP contribution in [0, 0.1) is 5.92 Å². The van der Waals surface area contributed by atoms with Gasteiger partial charge in [0.2, 0.25) is 0 Å². The summed E-state index contributed by atoms with van der Waals surface area (Å²) in [7, 11) is 2.04. The molecule has 12 heavy (non-hydrogen) atoms. The summed E-state index contributed by atoms with van der Waals surface area (Å²) < 4.78 is 0. The molecular formula is C11H25N. The van der Waals surface area contributed by atoms with Crippen LogP contribution >= 0.6 is 0 Å². The van der Waals surface area contributed by atoms with Crippen LogP contribution in [0.1, 0.15) is 52.9 Å². The molecule has 0 aromatic carbocycles. The van der Waals surface area contributed by atoms with E-state index in [2.05, 4.69) is 26.1 Å². The van der Waals surface area contributed by atoms with Gasteiger partial charge in [-0.2, -0.15) is 0 Å². The van der Waals surface area contributed by atoms with E-state index in [9.17, 15) is 0 Å². The lowest BCUT2D eigenvalue weighted by Gasteiger charge is -2.14. The van der Waals surface area contributed by atoms with Crippen LogP contribution in [0.5, 0.6) is 0 Å². The molecule has 1 atom stereocenters. The Morgan fingerprint density at radius 1 is 1.08 bits per heavy atom. The maximum absolute atomic E-state index is 3.27. The molecule has 0 bridgehead atoms. The highest BCUT2D eigenvalue weighted by atomic mass is 14.8. The van der Waals surface area contributed by atoms with Crippen LogP contribution in [0.3, 0.4) is 0 Å². The van der Waals surface area contributed by atoms with Crippen LogP contribution in [0.25, 0.3) is 0 Å². The monoisotopic (exact) mass is 171 g/mol. The minimum absolute atomic E-state index is 0.694. The summed E-state index contributed by atoms with van der Waals surface area (Å²) in [6.45, 7) is 6.86. The predicted octanol–water partition coefficient (Wildman–Crippen LogP) is 3.20. The molecule has 0 aromatic heterocycles. The summed E-state index contributed by atoms with van der Waals surface area (Å²) in [5, 5.41) is 3.27. The van der Waals surface area contributed by atoms with E-state index in [1.54, 1.807) is 0 Å². The number of rotatable bonds is 7. The van der Waals surface area contributed by atoms with Gasteiger partial charge in [-0.25, -0.2) is 0 Å². The van der Waals surface area contributed by atoms with Gasteiger partial charge in [-0.3, -0.25) is 0 Å². The minimum atomic E-state index is 0.694. The van der Waals surface area contributed by atoms with Gasteiger partial charge < -0.3 is 5.32 Å². The normalized spacial score (nSPS) is 13.8. The van der Waals surface area contributed by atoms with Crippen LogP contribution in [-0.4, -0.2) is 13.1 Å². The third-order valence-corrected chi connectivity index (χ3v) is 2.90. The lowest BCUT2D eigenvalue weighted by molar-refractivity contribution is 0.414. The molecule has 1 N–H and O–H groups in total. The lowest BCUT2D eigenvalue weighted by atomic mass is 9.95. The Hall–Kier alpha value is -0.0400. The summed E-state index contributed by atoms with van der Waals surface area (Å²) in [5.74, 6) is 0.967. The molecule has 0 spiro atoms. The summed E-state index contributed by atoms with van der Waals surface area (Å²) in [6, 6.07) is 0.694. The third kappa shape index (κ3) is 5.59. The van der Waals surface area contributed by atoms with E-state index in [0.29, 0.717) is 6.04 Å². The van der Waals surface area contributed by atoms with Gasteiger partial charge in [0.15, 0.2) is 0 Å². The van der Waals surface area contributed by atoms with Crippen molar-refractivity contribution in [1.29, 1.82) is 0 Å². The van der Waals surface area contributed by atoms with E-state index < -0.39 is 0 Å². The van der Waals surface area contributed by atoms with Crippen molar-refractivity contribution >= 4 is 0 Å². The molecule has 0 fully saturated rings. The Labute approximate surface area is 77.9 Å². The second kappa shape index (κ2) is 7.60. The molecule has 0 aliphatic carbocycles. The summed E-state index contributed by atoms with van der Waals surface area (Å²) >= 11 is 0. The second-order valence-corrected chi connectivity index (χ2v) is 3.80. The first kappa shape index (κ1) is 12.0. The zero-order chi connectivity index (χ0) is 9.40. The first-order chi connectivity index (χ1) is 5.74. The fraction of sp³-hybridized carbons (Fsp3) is 1.00. The number of hydrogen-bond donors (Lipinski definition) is 1. The molecule has 0 amide bonds. The van der Waals surface area contributed by atoms with E-state index >= 15 is 0 Å². The van der Waals surface area contributed by atoms with Crippen molar-refractivity contribution in [1.82, 2.24) is 5.32 Å². The highest BCUT2D eigenvalue weighted by Crippen LogP contribution is 2.16. The van der Waals surface area contributed by atoms with Crippen LogP contribution in [-0.2, 0) is 0 Å². The first-order valence-corrected chi connectivity index (χ1v) is 5.41. The van der Waals surface area contributed by atoms with Gasteiger partial charge >= 0.3 is 0 Å². The van der Waals surface area contributed by atoms with Gasteiger partial charge in [0, 0.05) is 6.04 Å². The van der Waals surface area contributed by atoms with Crippen molar-refractivity contribution < 1.29 is 0 Å². The standard InChI is InChI=1S/C11H25N/c1-5-11(6-2)9-7-8-10(3)12-4/h10-12H,5-9H2,1-4H3. The van der Waals surface area contributed by atoms with Gasteiger partial charge in [0.1, 0.15) is 0 Å². The second-order valence-electron chi connectivity index (χ2n) is 3.80. The Bertz CT molecular complexity index is 87.0. The quantitative estimate of drug-likeness (QED) is 0.620. The molecule has 74 valence electrons. The third-order valence-electron chi connectivity index (χ3n) is 2.90. The Kier molecular flexibility index (Phi) is 7.58. The van der Waals surface area contributed by atoms with E-state index in [1.807, 2.05) is 7.05 Å². The molecule has 0 rings (SSSR count). The fourth-order valence-corrected chi connectivity index (χ4v) is 1.55. The van der Waals surface area contributed by atoms with Crippen molar-refractivity contribution in [3.8, 4) is 0 Å². The summed E-state index contributed by atoms with van der Waals surface area (Å²) in [6.07, 6.45) is 6.83. The highest BCUT2D eigenvalue weighted by Gasteiger charge is 2.04. The first-order valence-electron chi connectivity index (χ1n) is 5.41. The molecule has 0 aliphatic heterocycles. The lowest BCUT2D eigenvalue weighted by Crippen LogP contribution is -2.20. The molecular weight excluding hydrogens is 146 g/mol. The fourth-order valence-electron chi connectivity index (χ4n) is 1.55. The Morgan fingerprint density at radius 2 is 1.67 bits per heavy atom. The van der Waals surface area contributed by atoms with E-state index in [-0.39, 0.29) is 0 Å². The molecule has 0 heterocycles. The predicted molar refractivity (Wildman–Crippen MR) is 56.4 cm³/mol. The summed E-state index contributed by atoms with van der Waals surface area (Å²) in [5.41, 5.74) is 0. The van der Waals surface area contributed by atoms with Crippen molar-refractivity contribution in [2.75, 3.05) is 7.05 Å². The van der Waals surface area contributed by atoms with Gasteiger partial charge in [-0.05, 0) is 26.3 Å². The van der Waals surface area contributed by atoms with Crippen LogP contribution < -0.4 is 5.32 Å². The molecule has 1 unspecified atom stereocenters. The Balaban J connectivity index is 3.28. The average molecular weight is 171 g/mol. The number of hydrogen-bond acceptors (Lipinski definition) is 1. The van der Waals surface area contributed by atoms with Gasteiger partial charge in [0.25, 0.3) is 0 Å². The van der Waals surface area contributed by atoms with Crippen LogP contribution in [0.4, 0.5) is 0 Å². The van der Waals surface area contributed by atoms with E-state index in [0.717, 1.165) is 5.92 Å². The van der Waals surface area contributed by atoms with Crippen molar-refractivity contribution in [3.05, 3.63) is 0 Å². The molecule has 1 nitrogen and oxygen atoms in total. The van der Waals surface area contributed by atoms with Crippen LogP contribution in [0.15, 0.2) is 0 Å². The van der Waals surface area contributed by atoms with E-state index in [1.165, 1.54) is 32.1 Å². The summed E-state index contributed by atoms with van der Waals surface area (Å²) in [4.78, 5) is 0. The smallest absolute Gasteiger partial charge is 0.00357 e. The van der Waals surface area contributed by atoms with Gasteiger partial charge in [-0.1, -0.05) is 39.5 Å². The molecule has 0 aromatic rings. The SMILES string of the molecule is CCC(CC)CCCC(C)NC. The van der Waals surface area contributed by atoms with Gasteiger partial charge in [0.05, 0.1) is 0 Å². The zero-order valence-electron chi connectivity index (χ0n) is 9.19. The van der Waals surface area contributed by atoms with Crippen LogP contribution in [0.2, 0.25) is 0 Å². The zero-order valence-corrected chi connectivity index (χ0v) is 9.19. The van der Waals surface area contributed by atoms with E-state index in [4.69, 9.17) is 0 Å². The molecule has 0 saturated carbocycles. The Morgan fingerprint density at radius 3 is 2.08 bits per heavy atom. The van der Waals surface area contributed by atoms with Crippen molar-refractivity contribution in [3.63, 3.8) is 0 Å². The topological polar surface area (TPSA) is 12.0 Å². The number of nitrogens with one attached hydrogen (secondary N) is 1.